The van der Waals surface area contributed by atoms with E-state index in [0.717, 1.165) is 54.5 Å². The van der Waals surface area contributed by atoms with E-state index in [1.54, 1.807) is 11.8 Å². The number of nitrogens with one attached hydrogen (secondary N) is 1. The standard InChI is InChI=1S/C26H36BrN3O2/c1-4-19-13-17(2)15-29(16-19)25(20-7-5-8-20)22-14-21(27)10-11-23(22)28-26(32)24-9-6-12-30(24)18(3)31/h10-11,14,17,19,24H,4-9,12-13,15-16H2,1-3H3,(H,28,32). The minimum Gasteiger partial charge on any atom is -0.370 e. The van der Waals surface area contributed by atoms with Gasteiger partial charge < -0.3 is 15.1 Å². The number of benzene rings is 1. The summed E-state index contributed by atoms with van der Waals surface area (Å²) in [5.74, 6) is 1.28. The molecule has 3 unspecified atom stereocenters. The monoisotopic (exact) mass is 501 g/mol. The molecule has 174 valence electrons. The molecule has 3 aliphatic rings. The highest BCUT2D eigenvalue weighted by Gasteiger charge is 2.34. The third-order valence-corrected chi connectivity index (χ3v) is 7.88. The Bertz CT molecular complexity index is 906. The van der Waals surface area contributed by atoms with Crippen molar-refractivity contribution in [3.8, 4) is 0 Å². The van der Waals surface area contributed by atoms with Crippen molar-refractivity contribution in [1.29, 1.82) is 0 Å². The molecule has 2 amide bonds. The fourth-order valence-electron chi connectivity index (χ4n) is 5.59. The lowest BCUT2D eigenvalue weighted by Crippen LogP contribution is -2.42. The molecular weight excluding hydrogens is 466 g/mol. The number of hydrogen-bond donors (Lipinski definition) is 1. The first-order valence-electron chi connectivity index (χ1n) is 12.2. The fourth-order valence-corrected chi connectivity index (χ4v) is 5.95. The molecule has 3 fully saturated rings. The Labute approximate surface area is 200 Å². The van der Waals surface area contributed by atoms with Crippen LogP contribution < -0.4 is 5.32 Å². The maximum absolute atomic E-state index is 13.2. The summed E-state index contributed by atoms with van der Waals surface area (Å²) in [7, 11) is 0. The van der Waals surface area contributed by atoms with Crippen LogP contribution in [-0.2, 0) is 9.59 Å². The maximum atomic E-state index is 13.2. The fraction of sp³-hybridized carbons (Fsp3) is 0.615. The summed E-state index contributed by atoms with van der Waals surface area (Å²) in [6, 6.07) is 5.79. The summed E-state index contributed by atoms with van der Waals surface area (Å²) in [5.41, 5.74) is 4.80. The molecule has 1 aliphatic carbocycles. The highest BCUT2D eigenvalue weighted by atomic mass is 79.9. The van der Waals surface area contributed by atoms with Crippen LogP contribution in [0.5, 0.6) is 0 Å². The number of likely N-dealkylation sites (tertiary alicyclic amines) is 2. The first-order chi connectivity index (χ1) is 15.4. The van der Waals surface area contributed by atoms with Crippen LogP contribution >= 0.6 is 15.9 Å². The molecule has 0 aromatic heterocycles. The van der Waals surface area contributed by atoms with Crippen LogP contribution in [0.25, 0.3) is 5.70 Å². The molecule has 2 saturated heterocycles. The van der Waals surface area contributed by atoms with Gasteiger partial charge in [0.05, 0.1) is 5.69 Å². The van der Waals surface area contributed by atoms with Gasteiger partial charge in [-0.25, -0.2) is 0 Å². The predicted octanol–water partition coefficient (Wildman–Crippen LogP) is 5.66. The van der Waals surface area contributed by atoms with Gasteiger partial charge in [0.15, 0.2) is 0 Å². The van der Waals surface area contributed by atoms with Crippen molar-refractivity contribution >= 4 is 39.1 Å². The lowest BCUT2D eigenvalue weighted by molar-refractivity contribution is -0.134. The number of piperidine rings is 1. The zero-order chi connectivity index (χ0) is 22.8. The van der Waals surface area contributed by atoms with E-state index in [0.29, 0.717) is 18.4 Å². The molecule has 2 aliphatic heterocycles. The van der Waals surface area contributed by atoms with Gasteiger partial charge in [-0.1, -0.05) is 36.2 Å². The summed E-state index contributed by atoms with van der Waals surface area (Å²) in [4.78, 5) is 29.5. The summed E-state index contributed by atoms with van der Waals surface area (Å²) in [6.07, 6.45) is 7.62. The van der Waals surface area contributed by atoms with Crippen LogP contribution in [-0.4, -0.2) is 47.3 Å². The molecule has 0 spiro atoms. The topological polar surface area (TPSA) is 52.7 Å². The smallest absolute Gasteiger partial charge is 0.247 e. The van der Waals surface area contributed by atoms with Crippen molar-refractivity contribution in [2.75, 3.05) is 25.0 Å². The van der Waals surface area contributed by atoms with Gasteiger partial charge in [0.25, 0.3) is 0 Å². The van der Waals surface area contributed by atoms with Gasteiger partial charge in [-0.15, -0.1) is 0 Å². The number of hydrogen-bond acceptors (Lipinski definition) is 3. The quantitative estimate of drug-likeness (QED) is 0.565. The highest BCUT2D eigenvalue weighted by molar-refractivity contribution is 9.10. The van der Waals surface area contributed by atoms with Gasteiger partial charge in [-0.2, -0.15) is 0 Å². The van der Waals surface area contributed by atoms with Gasteiger partial charge in [0, 0.05) is 42.3 Å². The molecule has 5 nitrogen and oxygen atoms in total. The van der Waals surface area contributed by atoms with Crippen LogP contribution in [0.4, 0.5) is 5.69 Å². The Morgan fingerprint density at radius 2 is 1.97 bits per heavy atom. The Hall–Kier alpha value is -1.82. The SMILES string of the molecule is CCC1CC(C)CN(C(=C2CCC2)c2cc(Br)ccc2NC(=O)C2CCCN2C(C)=O)C1. The second kappa shape index (κ2) is 9.98. The number of carbonyl (C=O) groups excluding carboxylic acids is 2. The zero-order valence-corrected chi connectivity index (χ0v) is 21.2. The van der Waals surface area contributed by atoms with Crippen molar-refractivity contribution in [2.24, 2.45) is 11.8 Å². The van der Waals surface area contributed by atoms with E-state index in [2.05, 4.69) is 46.1 Å². The van der Waals surface area contributed by atoms with E-state index in [-0.39, 0.29) is 17.9 Å². The molecule has 3 atom stereocenters. The van der Waals surface area contributed by atoms with Crippen LogP contribution in [0.1, 0.15) is 71.3 Å². The molecule has 1 aromatic rings. The number of amides is 2. The van der Waals surface area contributed by atoms with E-state index in [1.165, 1.54) is 30.5 Å². The van der Waals surface area contributed by atoms with Gasteiger partial charge >= 0.3 is 0 Å². The Balaban J connectivity index is 1.67. The molecular formula is C26H36BrN3O2. The Kier molecular flexibility index (Phi) is 7.28. The summed E-state index contributed by atoms with van der Waals surface area (Å²) >= 11 is 3.67. The Morgan fingerprint density at radius 1 is 1.19 bits per heavy atom. The summed E-state index contributed by atoms with van der Waals surface area (Å²) < 4.78 is 1.02. The first-order valence-corrected chi connectivity index (χ1v) is 13.0. The number of halogens is 1. The lowest BCUT2D eigenvalue weighted by Gasteiger charge is -2.42. The van der Waals surface area contributed by atoms with E-state index in [1.807, 2.05) is 12.1 Å². The van der Waals surface area contributed by atoms with Crippen LogP contribution in [0.3, 0.4) is 0 Å². The molecule has 2 heterocycles. The normalized spacial score (nSPS) is 25.5. The van der Waals surface area contributed by atoms with Crippen LogP contribution in [0, 0.1) is 11.8 Å². The molecule has 0 bridgehead atoms. The van der Waals surface area contributed by atoms with E-state index in [9.17, 15) is 9.59 Å². The van der Waals surface area contributed by atoms with E-state index in [4.69, 9.17) is 0 Å². The molecule has 32 heavy (non-hydrogen) atoms. The molecule has 6 heteroatoms. The Morgan fingerprint density at radius 3 is 2.62 bits per heavy atom. The van der Waals surface area contributed by atoms with Crippen LogP contribution in [0.2, 0.25) is 0 Å². The minimum absolute atomic E-state index is 0.0242. The summed E-state index contributed by atoms with van der Waals surface area (Å²) in [5, 5.41) is 3.21. The number of allylic oxidation sites excluding steroid dienone is 1. The largest absolute Gasteiger partial charge is 0.370 e. The maximum Gasteiger partial charge on any atom is 0.247 e. The van der Waals surface area contributed by atoms with Crippen LogP contribution in [0.15, 0.2) is 28.2 Å². The molecule has 1 saturated carbocycles. The van der Waals surface area contributed by atoms with E-state index < -0.39 is 0 Å². The molecule has 1 aromatic carbocycles. The van der Waals surface area contributed by atoms with Gasteiger partial charge in [0.2, 0.25) is 11.8 Å². The average molecular weight is 502 g/mol. The number of anilines is 1. The first kappa shape index (κ1) is 23.3. The number of carbonyl (C=O) groups is 2. The summed E-state index contributed by atoms with van der Waals surface area (Å²) in [6.45, 7) is 9.02. The zero-order valence-electron chi connectivity index (χ0n) is 19.6. The average Bonchev–Trinajstić information content (AvgIpc) is 3.22. The minimum atomic E-state index is -0.372. The second-order valence-electron chi connectivity index (χ2n) is 9.88. The number of rotatable bonds is 5. The predicted molar refractivity (Wildman–Crippen MR) is 133 cm³/mol. The lowest BCUT2D eigenvalue weighted by atomic mass is 9.84. The van der Waals surface area contributed by atoms with Gasteiger partial charge in [-0.3, -0.25) is 9.59 Å². The third kappa shape index (κ3) is 4.90. The molecule has 4 rings (SSSR count). The van der Waals surface area contributed by atoms with Crippen molar-refractivity contribution in [3.05, 3.63) is 33.8 Å². The van der Waals surface area contributed by atoms with Gasteiger partial charge in [-0.05, 0) is 74.1 Å². The number of nitrogens with zero attached hydrogens (tertiary/aromatic N) is 2. The van der Waals surface area contributed by atoms with Crippen molar-refractivity contribution < 1.29 is 9.59 Å². The van der Waals surface area contributed by atoms with Crippen molar-refractivity contribution in [1.82, 2.24) is 9.80 Å². The van der Waals surface area contributed by atoms with Crippen molar-refractivity contribution in [2.45, 2.75) is 71.8 Å². The van der Waals surface area contributed by atoms with Crippen molar-refractivity contribution in [3.63, 3.8) is 0 Å². The molecule has 0 radical (unpaired) electrons. The highest BCUT2D eigenvalue weighted by Crippen LogP contribution is 2.41. The second-order valence-corrected chi connectivity index (χ2v) is 10.8. The third-order valence-electron chi connectivity index (χ3n) is 7.39. The van der Waals surface area contributed by atoms with E-state index >= 15 is 0 Å². The molecule has 1 N–H and O–H groups in total. The van der Waals surface area contributed by atoms with Gasteiger partial charge in [0.1, 0.15) is 6.04 Å².